The topological polar surface area (TPSA) is 52.3 Å². The van der Waals surface area contributed by atoms with E-state index in [0.29, 0.717) is 23.6 Å². The number of aldehydes is 1. The van der Waals surface area contributed by atoms with Crippen molar-refractivity contribution in [3.63, 3.8) is 0 Å². The molecule has 0 aliphatic rings. The average molecular weight is 291 g/mol. The van der Waals surface area contributed by atoms with Gasteiger partial charge in [0, 0.05) is 11.3 Å². The van der Waals surface area contributed by atoms with Crippen LogP contribution < -0.4 is 10.5 Å². The number of carbonyl (C=O) groups is 1. The van der Waals surface area contributed by atoms with Crippen molar-refractivity contribution in [3.8, 4) is 5.75 Å². The molecule has 0 bridgehead atoms. The molecule has 0 fully saturated rings. The van der Waals surface area contributed by atoms with Crippen LogP contribution in [-0.4, -0.2) is 12.9 Å². The summed E-state index contributed by atoms with van der Waals surface area (Å²) >= 11 is 2.10. The summed E-state index contributed by atoms with van der Waals surface area (Å²) < 4.78 is 6.17. The summed E-state index contributed by atoms with van der Waals surface area (Å²) in [5.41, 5.74) is 6.80. The molecule has 0 saturated heterocycles. The van der Waals surface area contributed by atoms with Crippen molar-refractivity contribution < 1.29 is 9.53 Å². The summed E-state index contributed by atoms with van der Waals surface area (Å²) in [6.45, 7) is 2.46. The Hall–Kier alpha value is -0.780. The van der Waals surface area contributed by atoms with Gasteiger partial charge in [0.05, 0.1) is 10.2 Å². The van der Waals surface area contributed by atoms with E-state index in [1.807, 2.05) is 6.92 Å². The number of carbonyl (C=O) groups excluding carboxylic acids is 1. The number of anilines is 1. The molecule has 0 unspecified atom stereocenters. The van der Waals surface area contributed by atoms with Crippen LogP contribution in [0.4, 0.5) is 5.69 Å². The van der Waals surface area contributed by atoms with Crippen LogP contribution in [0.3, 0.4) is 0 Å². The molecule has 0 spiro atoms. The molecule has 70 valence electrons. The number of hydrogen-bond acceptors (Lipinski definition) is 3. The lowest BCUT2D eigenvalue weighted by atomic mass is 10.2. The number of rotatable bonds is 3. The Morgan fingerprint density at radius 2 is 2.31 bits per heavy atom. The third kappa shape index (κ3) is 2.33. The smallest absolute Gasteiger partial charge is 0.150 e. The molecule has 0 radical (unpaired) electrons. The Labute approximate surface area is 90.4 Å². The first-order valence-electron chi connectivity index (χ1n) is 3.86. The zero-order valence-electron chi connectivity index (χ0n) is 7.21. The molecule has 0 saturated carbocycles. The van der Waals surface area contributed by atoms with Crippen molar-refractivity contribution in [2.45, 2.75) is 6.92 Å². The second kappa shape index (κ2) is 4.45. The van der Waals surface area contributed by atoms with Gasteiger partial charge in [-0.05, 0) is 41.6 Å². The van der Waals surface area contributed by atoms with E-state index >= 15 is 0 Å². The minimum atomic E-state index is 0.543. The Bertz CT molecular complexity index is 326. The van der Waals surface area contributed by atoms with Gasteiger partial charge in [-0.15, -0.1) is 0 Å². The van der Waals surface area contributed by atoms with Gasteiger partial charge in [-0.2, -0.15) is 0 Å². The maximum Gasteiger partial charge on any atom is 0.150 e. The monoisotopic (exact) mass is 291 g/mol. The van der Waals surface area contributed by atoms with E-state index in [1.165, 1.54) is 0 Å². The van der Waals surface area contributed by atoms with Crippen LogP contribution in [-0.2, 0) is 0 Å². The molecule has 0 atom stereocenters. The van der Waals surface area contributed by atoms with E-state index in [1.54, 1.807) is 12.1 Å². The predicted octanol–water partition coefficient (Wildman–Crippen LogP) is 2.08. The van der Waals surface area contributed by atoms with Gasteiger partial charge in [-0.3, -0.25) is 4.79 Å². The van der Waals surface area contributed by atoms with Gasteiger partial charge in [0.25, 0.3) is 0 Å². The number of hydrogen-bond donors (Lipinski definition) is 1. The highest BCUT2D eigenvalue weighted by Crippen LogP contribution is 2.27. The molecular weight excluding hydrogens is 281 g/mol. The van der Waals surface area contributed by atoms with E-state index in [4.69, 9.17) is 10.5 Å². The standard InChI is InChI=1S/C9H10INO2/c1-2-13-8-4-6(5-12)3-7(11)9(8)10/h3-5H,2,11H2,1H3. The van der Waals surface area contributed by atoms with Crippen molar-refractivity contribution in [1.82, 2.24) is 0 Å². The number of nitrogen functional groups attached to an aromatic ring is 1. The van der Waals surface area contributed by atoms with Crippen LogP contribution in [0.15, 0.2) is 12.1 Å². The molecule has 4 heteroatoms. The first kappa shape index (κ1) is 10.3. The van der Waals surface area contributed by atoms with Gasteiger partial charge in [0.2, 0.25) is 0 Å². The molecule has 1 aromatic rings. The highest BCUT2D eigenvalue weighted by molar-refractivity contribution is 14.1. The van der Waals surface area contributed by atoms with Crippen molar-refractivity contribution in [1.29, 1.82) is 0 Å². The van der Waals surface area contributed by atoms with Crippen LogP contribution in [0.5, 0.6) is 5.75 Å². The Kier molecular flexibility index (Phi) is 3.53. The zero-order valence-corrected chi connectivity index (χ0v) is 9.37. The molecule has 1 rings (SSSR count). The minimum Gasteiger partial charge on any atom is -0.493 e. The fourth-order valence-corrected chi connectivity index (χ4v) is 1.44. The molecule has 3 nitrogen and oxygen atoms in total. The van der Waals surface area contributed by atoms with E-state index in [2.05, 4.69) is 22.6 Å². The van der Waals surface area contributed by atoms with Crippen molar-refractivity contribution in [2.24, 2.45) is 0 Å². The van der Waals surface area contributed by atoms with E-state index in [9.17, 15) is 4.79 Å². The summed E-state index contributed by atoms with van der Waals surface area (Å²) in [4.78, 5) is 10.5. The summed E-state index contributed by atoms with van der Waals surface area (Å²) in [6.07, 6.45) is 0.759. The first-order chi connectivity index (χ1) is 6.19. The third-order valence-corrected chi connectivity index (χ3v) is 2.68. The fraction of sp³-hybridized carbons (Fsp3) is 0.222. The molecule has 0 aliphatic carbocycles. The van der Waals surface area contributed by atoms with Crippen molar-refractivity contribution in [2.75, 3.05) is 12.3 Å². The highest BCUT2D eigenvalue weighted by atomic mass is 127. The average Bonchev–Trinajstić information content (AvgIpc) is 2.13. The summed E-state index contributed by atoms with van der Waals surface area (Å²) in [5, 5.41) is 0. The van der Waals surface area contributed by atoms with Crippen LogP contribution in [0.2, 0.25) is 0 Å². The summed E-state index contributed by atoms with van der Waals surface area (Å²) in [6, 6.07) is 3.33. The van der Waals surface area contributed by atoms with Gasteiger partial charge in [-0.1, -0.05) is 0 Å². The normalized spacial score (nSPS) is 9.69. The minimum absolute atomic E-state index is 0.543. The van der Waals surface area contributed by atoms with Crippen molar-refractivity contribution in [3.05, 3.63) is 21.3 Å². The van der Waals surface area contributed by atoms with Gasteiger partial charge in [-0.25, -0.2) is 0 Å². The molecule has 1 aromatic carbocycles. The summed E-state index contributed by atoms with van der Waals surface area (Å²) in [5.74, 6) is 0.671. The van der Waals surface area contributed by atoms with Gasteiger partial charge < -0.3 is 10.5 Å². The lowest BCUT2D eigenvalue weighted by Gasteiger charge is -2.08. The van der Waals surface area contributed by atoms with Gasteiger partial charge in [0.1, 0.15) is 12.0 Å². The molecule has 0 aromatic heterocycles. The van der Waals surface area contributed by atoms with E-state index in [-0.39, 0.29) is 0 Å². The Morgan fingerprint density at radius 1 is 1.62 bits per heavy atom. The lowest BCUT2D eigenvalue weighted by molar-refractivity contribution is 0.112. The quantitative estimate of drug-likeness (QED) is 0.527. The van der Waals surface area contributed by atoms with Gasteiger partial charge >= 0.3 is 0 Å². The second-order valence-corrected chi connectivity index (χ2v) is 3.55. The maximum absolute atomic E-state index is 10.5. The van der Waals surface area contributed by atoms with Gasteiger partial charge in [0.15, 0.2) is 0 Å². The number of nitrogens with two attached hydrogens (primary N) is 1. The SMILES string of the molecule is CCOc1cc(C=O)cc(N)c1I. The van der Waals surface area contributed by atoms with E-state index in [0.717, 1.165) is 9.86 Å². The third-order valence-electron chi connectivity index (χ3n) is 1.53. The van der Waals surface area contributed by atoms with E-state index < -0.39 is 0 Å². The summed E-state index contributed by atoms with van der Waals surface area (Å²) in [7, 11) is 0. The molecule has 2 N–H and O–H groups in total. The van der Waals surface area contributed by atoms with Crippen LogP contribution >= 0.6 is 22.6 Å². The lowest BCUT2D eigenvalue weighted by Crippen LogP contribution is -1.99. The molecule has 0 heterocycles. The first-order valence-corrected chi connectivity index (χ1v) is 4.94. The predicted molar refractivity (Wildman–Crippen MR) is 60.1 cm³/mol. The number of ether oxygens (including phenoxy) is 1. The zero-order chi connectivity index (χ0) is 9.84. The largest absolute Gasteiger partial charge is 0.493 e. The fourth-order valence-electron chi connectivity index (χ4n) is 0.970. The van der Waals surface area contributed by atoms with Crippen LogP contribution in [0.25, 0.3) is 0 Å². The number of halogens is 1. The highest BCUT2D eigenvalue weighted by Gasteiger charge is 2.06. The van der Waals surface area contributed by atoms with Crippen molar-refractivity contribution >= 4 is 34.6 Å². The molecule has 13 heavy (non-hydrogen) atoms. The molecular formula is C9H10INO2. The van der Waals surface area contributed by atoms with Crippen LogP contribution in [0, 0.1) is 3.57 Å². The Balaban J connectivity index is 3.16. The Morgan fingerprint density at radius 3 is 2.85 bits per heavy atom. The maximum atomic E-state index is 10.5. The molecule has 0 amide bonds. The number of benzene rings is 1. The molecule has 0 aliphatic heterocycles. The second-order valence-electron chi connectivity index (χ2n) is 2.47. The van der Waals surface area contributed by atoms with Crippen LogP contribution in [0.1, 0.15) is 17.3 Å².